The smallest absolute Gasteiger partial charge is 0.158 e. The standard InChI is InChI=1S/C9H11F2N3O/c1-5-2-7(11)8(3-6(5)10)13-4-9(12)14-15/h2-3,13,15H,4H2,1H3,(H2,12,14). The van der Waals surface area contributed by atoms with E-state index in [1.54, 1.807) is 0 Å². The molecule has 0 heterocycles. The molecule has 6 heteroatoms. The van der Waals surface area contributed by atoms with Crippen LogP contribution in [0.4, 0.5) is 14.5 Å². The van der Waals surface area contributed by atoms with Crippen molar-refractivity contribution in [2.75, 3.05) is 11.9 Å². The molecule has 0 aliphatic heterocycles. The van der Waals surface area contributed by atoms with Gasteiger partial charge in [-0.05, 0) is 18.6 Å². The normalized spacial score (nSPS) is 11.5. The zero-order valence-corrected chi connectivity index (χ0v) is 8.09. The van der Waals surface area contributed by atoms with Crippen LogP contribution in [0.1, 0.15) is 5.56 Å². The van der Waals surface area contributed by atoms with Crippen LogP contribution in [0, 0.1) is 18.6 Å². The van der Waals surface area contributed by atoms with Gasteiger partial charge in [-0.2, -0.15) is 0 Å². The largest absolute Gasteiger partial charge is 0.409 e. The predicted octanol–water partition coefficient (Wildman–Crippen LogP) is 1.43. The van der Waals surface area contributed by atoms with Gasteiger partial charge in [-0.25, -0.2) is 8.78 Å². The number of hydrogen-bond acceptors (Lipinski definition) is 3. The second kappa shape index (κ2) is 4.59. The van der Waals surface area contributed by atoms with Crippen molar-refractivity contribution in [3.8, 4) is 0 Å². The Bertz CT molecular complexity index is 393. The summed E-state index contributed by atoms with van der Waals surface area (Å²) >= 11 is 0. The number of amidine groups is 1. The Balaban J connectivity index is 2.82. The average molecular weight is 215 g/mol. The molecular weight excluding hydrogens is 204 g/mol. The molecule has 4 N–H and O–H groups in total. The molecule has 0 unspecified atom stereocenters. The van der Waals surface area contributed by atoms with Gasteiger partial charge in [0.15, 0.2) is 5.84 Å². The third-order valence-electron chi connectivity index (χ3n) is 1.84. The van der Waals surface area contributed by atoms with Gasteiger partial charge in [-0.3, -0.25) is 0 Å². The Kier molecular flexibility index (Phi) is 3.43. The van der Waals surface area contributed by atoms with E-state index >= 15 is 0 Å². The molecule has 0 radical (unpaired) electrons. The molecule has 0 atom stereocenters. The molecular formula is C9H11F2N3O. The maximum atomic E-state index is 13.2. The third-order valence-corrected chi connectivity index (χ3v) is 1.84. The minimum Gasteiger partial charge on any atom is -0.409 e. The van der Waals surface area contributed by atoms with Crippen LogP contribution in [-0.4, -0.2) is 17.6 Å². The predicted molar refractivity (Wildman–Crippen MR) is 53.0 cm³/mol. The summed E-state index contributed by atoms with van der Waals surface area (Å²) in [5, 5.41) is 13.4. The first-order valence-corrected chi connectivity index (χ1v) is 4.20. The second-order valence-corrected chi connectivity index (χ2v) is 3.03. The summed E-state index contributed by atoms with van der Waals surface area (Å²) in [6, 6.07) is 2.10. The number of benzene rings is 1. The summed E-state index contributed by atoms with van der Waals surface area (Å²) in [7, 11) is 0. The van der Waals surface area contributed by atoms with Gasteiger partial charge in [0.2, 0.25) is 0 Å². The molecule has 0 saturated heterocycles. The summed E-state index contributed by atoms with van der Waals surface area (Å²) < 4.78 is 26.3. The molecule has 0 amide bonds. The number of anilines is 1. The molecule has 0 spiro atoms. The van der Waals surface area contributed by atoms with Crippen molar-refractivity contribution >= 4 is 11.5 Å². The van der Waals surface area contributed by atoms with Crippen molar-refractivity contribution in [1.29, 1.82) is 0 Å². The molecule has 0 aromatic heterocycles. The maximum absolute atomic E-state index is 13.2. The molecule has 82 valence electrons. The zero-order chi connectivity index (χ0) is 11.4. The van der Waals surface area contributed by atoms with E-state index in [0.717, 1.165) is 12.1 Å². The highest BCUT2D eigenvalue weighted by Gasteiger charge is 2.06. The molecule has 1 rings (SSSR count). The molecule has 0 aliphatic carbocycles. The van der Waals surface area contributed by atoms with E-state index in [-0.39, 0.29) is 23.6 Å². The molecule has 0 fully saturated rings. The van der Waals surface area contributed by atoms with E-state index in [9.17, 15) is 8.78 Å². The van der Waals surface area contributed by atoms with Crippen molar-refractivity contribution in [2.45, 2.75) is 6.92 Å². The minimum absolute atomic E-state index is 0.0234. The van der Waals surface area contributed by atoms with Crippen molar-refractivity contribution in [2.24, 2.45) is 10.9 Å². The highest BCUT2D eigenvalue weighted by Crippen LogP contribution is 2.18. The Morgan fingerprint density at radius 2 is 2.13 bits per heavy atom. The molecule has 1 aromatic carbocycles. The van der Waals surface area contributed by atoms with Gasteiger partial charge < -0.3 is 16.3 Å². The van der Waals surface area contributed by atoms with E-state index in [4.69, 9.17) is 10.9 Å². The van der Waals surface area contributed by atoms with Crippen LogP contribution in [0.5, 0.6) is 0 Å². The van der Waals surface area contributed by atoms with Gasteiger partial charge in [0.05, 0.1) is 12.2 Å². The first kappa shape index (κ1) is 11.2. The van der Waals surface area contributed by atoms with Crippen LogP contribution in [-0.2, 0) is 0 Å². The first-order chi connectivity index (χ1) is 7.04. The van der Waals surface area contributed by atoms with Gasteiger partial charge in [0, 0.05) is 6.07 Å². The summed E-state index contributed by atoms with van der Waals surface area (Å²) in [6.45, 7) is 1.40. The van der Waals surface area contributed by atoms with Gasteiger partial charge in [0.1, 0.15) is 11.6 Å². The van der Waals surface area contributed by atoms with E-state index in [0.29, 0.717) is 0 Å². The summed E-state index contributed by atoms with van der Waals surface area (Å²) in [4.78, 5) is 0. The number of oxime groups is 1. The minimum atomic E-state index is -0.584. The van der Waals surface area contributed by atoms with Crippen LogP contribution in [0.25, 0.3) is 0 Å². The molecule has 15 heavy (non-hydrogen) atoms. The van der Waals surface area contributed by atoms with Crippen molar-refractivity contribution < 1.29 is 14.0 Å². The maximum Gasteiger partial charge on any atom is 0.158 e. The lowest BCUT2D eigenvalue weighted by molar-refractivity contribution is 0.317. The number of halogens is 2. The highest BCUT2D eigenvalue weighted by atomic mass is 19.1. The van der Waals surface area contributed by atoms with Crippen molar-refractivity contribution in [3.63, 3.8) is 0 Å². The van der Waals surface area contributed by atoms with E-state index in [2.05, 4.69) is 10.5 Å². The summed E-state index contributed by atoms with van der Waals surface area (Å²) in [6.07, 6.45) is 0. The number of hydrogen-bond donors (Lipinski definition) is 3. The fourth-order valence-corrected chi connectivity index (χ4v) is 1.00. The molecule has 4 nitrogen and oxygen atoms in total. The summed E-state index contributed by atoms with van der Waals surface area (Å²) in [5.74, 6) is -1.21. The quantitative estimate of drug-likeness (QED) is 0.309. The Morgan fingerprint density at radius 1 is 1.47 bits per heavy atom. The van der Waals surface area contributed by atoms with E-state index < -0.39 is 11.6 Å². The fourth-order valence-electron chi connectivity index (χ4n) is 1.00. The van der Waals surface area contributed by atoms with Crippen LogP contribution >= 0.6 is 0 Å². The van der Waals surface area contributed by atoms with Crippen molar-refractivity contribution in [3.05, 3.63) is 29.3 Å². The third kappa shape index (κ3) is 2.80. The number of nitrogens with zero attached hydrogens (tertiary/aromatic N) is 1. The van der Waals surface area contributed by atoms with Crippen LogP contribution in [0.2, 0.25) is 0 Å². The molecule has 0 aliphatic rings. The number of nitrogens with two attached hydrogens (primary N) is 1. The lowest BCUT2D eigenvalue weighted by atomic mass is 10.2. The highest BCUT2D eigenvalue weighted by molar-refractivity contribution is 5.84. The average Bonchev–Trinajstić information content (AvgIpc) is 2.21. The van der Waals surface area contributed by atoms with E-state index in [1.807, 2.05) is 0 Å². The SMILES string of the molecule is Cc1cc(F)c(NC/C(N)=N/O)cc1F. The number of aryl methyl sites for hydroxylation is 1. The number of rotatable bonds is 3. The Morgan fingerprint density at radius 3 is 2.73 bits per heavy atom. The van der Waals surface area contributed by atoms with Crippen LogP contribution in [0.3, 0.4) is 0 Å². The van der Waals surface area contributed by atoms with Crippen LogP contribution in [0.15, 0.2) is 17.3 Å². The molecule has 0 bridgehead atoms. The van der Waals surface area contributed by atoms with Crippen molar-refractivity contribution in [1.82, 2.24) is 0 Å². The van der Waals surface area contributed by atoms with Crippen LogP contribution < -0.4 is 11.1 Å². The molecule has 0 saturated carbocycles. The van der Waals surface area contributed by atoms with E-state index in [1.165, 1.54) is 6.92 Å². The molecule has 1 aromatic rings. The van der Waals surface area contributed by atoms with Gasteiger partial charge in [-0.1, -0.05) is 5.16 Å². The van der Waals surface area contributed by atoms with Gasteiger partial charge >= 0.3 is 0 Å². The summed E-state index contributed by atoms with van der Waals surface area (Å²) in [5.41, 5.74) is 5.36. The lowest BCUT2D eigenvalue weighted by Gasteiger charge is -2.07. The Hall–Kier alpha value is -1.85. The Labute approximate surface area is 85.4 Å². The monoisotopic (exact) mass is 215 g/mol. The van der Waals surface area contributed by atoms with Gasteiger partial charge in [-0.15, -0.1) is 0 Å². The lowest BCUT2D eigenvalue weighted by Crippen LogP contribution is -2.23. The topological polar surface area (TPSA) is 70.6 Å². The zero-order valence-electron chi connectivity index (χ0n) is 8.09. The number of nitrogens with one attached hydrogen (secondary N) is 1. The fraction of sp³-hybridized carbons (Fsp3) is 0.222. The first-order valence-electron chi connectivity index (χ1n) is 4.20. The second-order valence-electron chi connectivity index (χ2n) is 3.03. The van der Waals surface area contributed by atoms with Gasteiger partial charge in [0.25, 0.3) is 0 Å².